The Morgan fingerprint density at radius 1 is 1.20 bits per heavy atom. The lowest BCUT2D eigenvalue weighted by atomic mass is 10.2. The highest BCUT2D eigenvalue weighted by Crippen LogP contribution is 2.11. The van der Waals surface area contributed by atoms with Crippen molar-refractivity contribution in [3.63, 3.8) is 0 Å². The Kier molecular flexibility index (Phi) is 4.07. The summed E-state index contributed by atoms with van der Waals surface area (Å²) in [6, 6.07) is 9.72. The molecule has 0 radical (unpaired) electrons. The first-order valence-electron chi connectivity index (χ1n) is 5.96. The SMILES string of the molecule is NCc1ccc(C(=O)Nc2cccc(C(N)=O)c2)nc1. The molecule has 0 saturated carbocycles. The molecule has 20 heavy (non-hydrogen) atoms. The van der Waals surface area contributed by atoms with E-state index in [1.807, 2.05) is 0 Å². The standard InChI is InChI=1S/C14H14N4O2/c15-7-9-4-5-12(17-8-9)14(20)18-11-3-1-2-10(6-11)13(16)19/h1-6,8H,7,15H2,(H2,16,19)(H,18,20). The Bertz CT molecular complexity index is 638. The van der Waals surface area contributed by atoms with E-state index < -0.39 is 5.91 Å². The van der Waals surface area contributed by atoms with Crippen molar-refractivity contribution in [1.29, 1.82) is 0 Å². The second-order valence-corrected chi connectivity index (χ2v) is 4.15. The Morgan fingerprint density at radius 2 is 2.00 bits per heavy atom. The second-order valence-electron chi connectivity index (χ2n) is 4.15. The molecular weight excluding hydrogens is 256 g/mol. The molecule has 5 N–H and O–H groups in total. The number of nitrogens with two attached hydrogens (primary N) is 2. The number of hydrogen-bond donors (Lipinski definition) is 3. The Hall–Kier alpha value is -2.73. The molecule has 0 aliphatic heterocycles. The van der Waals surface area contributed by atoms with E-state index in [0.29, 0.717) is 17.8 Å². The largest absolute Gasteiger partial charge is 0.366 e. The van der Waals surface area contributed by atoms with Gasteiger partial charge in [0.15, 0.2) is 0 Å². The number of hydrogen-bond acceptors (Lipinski definition) is 4. The minimum absolute atomic E-state index is 0.270. The summed E-state index contributed by atoms with van der Waals surface area (Å²) in [6.45, 7) is 0.371. The number of aromatic nitrogens is 1. The summed E-state index contributed by atoms with van der Waals surface area (Å²) in [4.78, 5) is 27.1. The van der Waals surface area contributed by atoms with Crippen molar-refractivity contribution in [2.75, 3.05) is 5.32 Å². The maximum absolute atomic E-state index is 12.0. The molecule has 2 rings (SSSR count). The number of anilines is 1. The molecule has 2 aromatic rings. The molecule has 6 nitrogen and oxygen atoms in total. The smallest absolute Gasteiger partial charge is 0.274 e. The van der Waals surface area contributed by atoms with Gasteiger partial charge in [-0.25, -0.2) is 0 Å². The van der Waals surface area contributed by atoms with Crippen LogP contribution in [0.1, 0.15) is 26.4 Å². The van der Waals surface area contributed by atoms with Gasteiger partial charge in [0, 0.05) is 24.0 Å². The number of carbonyl (C=O) groups excluding carboxylic acids is 2. The monoisotopic (exact) mass is 270 g/mol. The molecular formula is C14H14N4O2. The van der Waals surface area contributed by atoms with E-state index in [2.05, 4.69) is 10.3 Å². The summed E-state index contributed by atoms with van der Waals surface area (Å²) in [5.74, 6) is -0.915. The third-order valence-electron chi connectivity index (χ3n) is 2.70. The lowest BCUT2D eigenvalue weighted by molar-refractivity contribution is 0.0995. The van der Waals surface area contributed by atoms with E-state index in [1.165, 1.54) is 6.07 Å². The summed E-state index contributed by atoms with van der Waals surface area (Å²) in [7, 11) is 0. The second kappa shape index (κ2) is 5.94. The molecule has 6 heteroatoms. The summed E-state index contributed by atoms with van der Waals surface area (Å²) < 4.78 is 0. The van der Waals surface area contributed by atoms with Crippen LogP contribution in [0.2, 0.25) is 0 Å². The molecule has 0 aliphatic rings. The number of nitrogens with zero attached hydrogens (tertiary/aromatic N) is 1. The van der Waals surface area contributed by atoms with Crippen LogP contribution in [0, 0.1) is 0 Å². The topological polar surface area (TPSA) is 111 Å². The fourth-order valence-corrected chi connectivity index (χ4v) is 1.62. The zero-order valence-corrected chi connectivity index (χ0v) is 10.7. The summed E-state index contributed by atoms with van der Waals surface area (Å²) in [5, 5.41) is 2.65. The fourth-order valence-electron chi connectivity index (χ4n) is 1.62. The molecule has 102 valence electrons. The maximum atomic E-state index is 12.0. The van der Waals surface area contributed by atoms with Gasteiger partial charge in [-0.3, -0.25) is 14.6 Å². The van der Waals surface area contributed by atoms with E-state index in [9.17, 15) is 9.59 Å². The average molecular weight is 270 g/mol. The van der Waals surface area contributed by atoms with Gasteiger partial charge in [-0.15, -0.1) is 0 Å². The van der Waals surface area contributed by atoms with E-state index in [1.54, 1.807) is 36.5 Å². The normalized spacial score (nSPS) is 10.1. The van der Waals surface area contributed by atoms with Crippen LogP contribution in [0.3, 0.4) is 0 Å². The third-order valence-corrected chi connectivity index (χ3v) is 2.70. The maximum Gasteiger partial charge on any atom is 0.274 e. The zero-order valence-electron chi connectivity index (χ0n) is 10.7. The van der Waals surface area contributed by atoms with Crippen molar-refractivity contribution in [2.24, 2.45) is 11.5 Å². The predicted octanol–water partition coefficient (Wildman–Crippen LogP) is 0.891. The lowest BCUT2D eigenvalue weighted by Gasteiger charge is -2.06. The molecule has 0 spiro atoms. The highest BCUT2D eigenvalue weighted by molar-refractivity contribution is 6.03. The van der Waals surface area contributed by atoms with E-state index >= 15 is 0 Å². The van der Waals surface area contributed by atoms with Gasteiger partial charge in [0.05, 0.1) is 0 Å². The third kappa shape index (κ3) is 3.18. The van der Waals surface area contributed by atoms with Crippen molar-refractivity contribution >= 4 is 17.5 Å². The van der Waals surface area contributed by atoms with Crippen LogP contribution in [0.25, 0.3) is 0 Å². The predicted molar refractivity (Wildman–Crippen MR) is 75.0 cm³/mol. The highest BCUT2D eigenvalue weighted by atomic mass is 16.2. The van der Waals surface area contributed by atoms with Gasteiger partial charge in [0.25, 0.3) is 5.91 Å². The van der Waals surface area contributed by atoms with Gasteiger partial charge in [-0.05, 0) is 29.8 Å². The molecule has 1 heterocycles. The van der Waals surface area contributed by atoms with Crippen molar-refractivity contribution in [3.8, 4) is 0 Å². The summed E-state index contributed by atoms with van der Waals surface area (Å²) >= 11 is 0. The van der Waals surface area contributed by atoms with E-state index in [-0.39, 0.29) is 11.6 Å². The van der Waals surface area contributed by atoms with Crippen LogP contribution in [-0.2, 0) is 6.54 Å². The number of benzene rings is 1. The number of primary amides is 1. The molecule has 0 saturated heterocycles. The van der Waals surface area contributed by atoms with Gasteiger partial charge >= 0.3 is 0 Å². The van der Waals surface area contributed by atoms with Crippen LogP contribution < -0.4 is 16.8 Å². The van der Waals surface area contributed by atoms with Gasteiger partial charge in [0.2, 0.25) is 5.91 Å². The molecule has 0 unspecified atom stereocenters. The molecule has 1 aromatic heterocycles. The van der Waals surface area contributed by atoms with Crippen molar-refractivity contribution in [2.45, 2.75) is 6.54 Å². The number of carbonyl (C=O) groups is 2. The average Bonchev–Trinajstić information content (AvgIpc) is 2.47. The van der Waals surface area contributed by atoms with Crippen molar-refractivity contribution < 1.29 is 9.59 Å². The van der Waals surface area contributed by atoms with Crippen LogP contribution >= 0.6 is 0 Å². The van der Waals surface area contributed by atoms with Crippen molar-refractivity contribution in [1.82, 2.24) is 4.98 Å². The van der Waals surface area contributed by atoms with Crippen LogP contribution in [0.5, 0.6) is 0 Å². The fraction of sp³-hybridized carbons (Fsp3) is 0.0714. The van der Waals surface area contributed by atoms with Crippen LogP contribution in [-0.4, -0.2) is 16.8 Å². The molecule has 0 atom stereocenters. The minimum Gasteiger partial charge on any atom is -0.366 e. The molecule has 0 fully saturated rings. The first kappa shape index (κ1) is 13.7. The number of amides is 2. The first-order valence-corrected chi connectivity index (χ1v) is 5.96. The number of nitrogens with one attached hydrogen (secondary N) is 1. The molecule has 0 bridgehead atoms. The van der Waals surface area contributed by atoms with E-state index in [0.717, 1.165) is 5.56 Å². The van der Waals surface area contributed by atoms with Gasteiger partial charge in [0.1, 0.15) is 5.69 Å². The first-order chi connectivity index (χ1) is 9.60. The number of pyridine rings is 1. The van der Waals surface area contributed by atoms with Gasteiger partial charge in [-0.2, -0.15) is 0 Å². The van der Waals surface area contributed by atoms with Gasteiger partial charge in [-0.1, -0.05) is 12.1 Å². The summed E-state index contributed by atoms with van der Waals surface area (Å²) in [5.41, 5.74) is 12.6. The number of rotatable bonds is 4. The molecule has 2 amide bonds. The zero-order chi connectivity index (χ0) is 14.5. The minimum atomic E-state index is -0.550. The van der Waals surface area contributed by atoms with Gasteiger partial charge < -0.3 is 16.8 Å². The van der Waals surface area contributed by atoms with Crippen LogP contribution in [0.4, 0.5) is 5.69 Å². The lowest BCUT2D eigenvalue weighted by Crippen LogP contribution is -2.15. The quantitative estimate of drug-likeness (QED) is 0.766. The highest BCUT2D eigenvalue weighted by Gasteiger charge is 2.08. The Balaban J connectivity index is 2.14. The van der Waals surface area contributed by atoms with E-state index in [4.69, 9.17) is 11.5 Å². The molecule has 1 aromatic carbocycles. The molecule has 0 aliphatic carbocycles. The summed E-state index contributed by atoms with van der Waals surface area (Å²) in [6.07, 6.45) is 1.55. The Labute approximate surface area is 115 Å². The van der Waals surface area contributed by atoms with Crippen molar-refractivity contribution in [3.05, 3.63) is 59.4 Å². The van der Waals surface area contributed by atoms with Crippen LogP contribution in [0.15, 0.2) is 42.6 Å². The Morgan fingerprint density at radius 3 is 2.60 bits per heavy atom.